The molecule has 1 aliphatic carbocycles. The second-order valence-electron chi connectivity index (χ2n) is 7.20. The molecule has 4 rings (SSSR count). The van der Waals surface area contributed by atoms with E-state index < -0.39 is 0 Å². The molecule has 6 nitrogen and oxygen atoms in total. The van der Waals surface area contributed by atoms with Crippen molar-refractivity contribution >= 4 is 22.7 Å². The van der Waals surface area contributed by atoms with E-state index in [2.05, 4.69) is 10.3 Å². The van der Waals surface area contributed by atoms with Crippen molar-refractivity contribution in [1.29, 1.82) is 0 Å². The SMILES string of the molecule is COc1ccc(C(CC(=O)Nc2cccc3nc(C)oc23)C2CC2)cc1OC. The van der Waals surface area contributed by atoms with E-state index in [4.69, 9.17) is 13.9 Å². The first-order valence-corrected chi connectivity index (χ1v) is 9.47. The average molecular weight is 380 g/mol. The van der Waals surface area contributed by atoms with E-state index in [0.717, 1.165) is 23.9 Å². The van der Waals surface area contributed by atoms with Gasteiger partial charge >= 0.3 is 0 Å². The highest BCUT2D eigenvalue weighted by Crippen LogP contribution is 2.46. The lowest BCUT2D eigenvalue weighted by Crippen LogP contribution is -2.17. The fourth-order valence-corrected chi connectivity index (χ4v) is 3.70. The van der Waals surface area contributed by atoms with Crippen LogP contribution in [0.1, 0.15) is 36.6 Å². The van der Waals surface area contributed by atoms with Gasteiger partial charge in [0.2, 0.25) is 5.91 Å². The fraction of sp³-hybridized carbons (Fsp3) is 0.364. The molecule has 0 aliphatic heterocycles. The number of carbonyl (C=O) groups is 1. The maximum Gasteiger partial charge on any atom is 0.225 e. The highest BCUT2D eigenvalue weighted by molar-refractivity contribution is 5.98. The first-order valence-electron chi connectivity index (χ1n) is 9.47. The zero-order chi connectivity index (χ0) is 19.7. The van der Waals surface area contributed by atoms with E-state index in [9.17, 15) is 4.79 Å². The van der Waals surface area contributed by atoms with Crippen LogP contribution in [0, 0.1) is 12.8 Å². The second kappa shape index (κ2) is 7.54. The minimum absolute atomic E-state index is 0.0340. The van der Waals surface area contributed by atoms with Crippen LogP contribution >= 0.6 is 0 Å². The van der Waals surface area contributed by atoms with Gasteiger partial charge in [-0.1, -0.05) is 12.1 Å². The number of hydrogen-bond acceptors (Lipinski definition) is 5. The number of aromatic nitrogens is 1. The number of aryl methyl sites for hydroxylation is 1. The largest absolute Gasteiger partial charge is 0.493 e. The predicted octanol–water partition coefficient (Wildman–Crippen LogP) is 4.68. The van der Waals surface area contributed by atoms with Crippen LogP contribution < -0.4 is 14.8 Å². The highest BCUT2D eigenvalue weighted by atomic mass is 16.5. The van der Waals surface area contributed by atoms with Crippen molar-refractivity contribution in [2.75, 3.05) is 19.5 Å². The van der Waals surface area contributed by atoms with Crippen LogP contribution in [0.2, 0.25) is 0 Å². The molecule has 1 heterocycles. The van der Waals surface area contributed by atoms with E-state index in [1.807, 2.05) is 36.4 Å². The van der Waals surface area contributed by atoms with Crippen LogP contribution in [-0.4, -0.2) is 25.1 Å². The van der Waals surface area contributed by atoms with Gasteiger partial charge in [0.05, 0.1) is 19.9 Å². The summed E-state index contributed by atoms with van der Waals surface area (Å²) in [6.45, 7) is 1.80. The Morgan fingerprint density at radius 2 is 2.00 bits per heavy atom. The van der Waals surface area contributed by atoms with Gasteiger partial charge in [-0.25, -0.2) is 4.98 Å². The molecule has 3 aromatic rings. The smallest absolute Gasteiger partial charge is 0.225 e. The average Bonchev–Trinajstić information content (AvgIpc) is 3.46. The zero-order valence-electron chi connectivity index (χ0n) is 16.3. The maximum atomic E-state index is 12.8. The third-order valence-electron chi connectivity index (χ3n) is 5.23. The lowest BCUT2D eigenvalue weighted by molar-refractivity contribution is -0.116. The summed E-state index contributed by atoms with van der Waals surface area (Å²) in [5.74, 6) is 2.60. The number of hydrogen-bond donors (Lipinski definition) is 1. The monoisotopic (exact) mass is 380 g/mol. The van der Waals surface area contributed by atoms with Crippen molar-refractivity contribution in [3.05, 3.63) is 47.9 Å². The van der Waals surface area contributed by atoms with Gasteiger partial charge in [-0.3, -0.25) is 4.79 Å². The van der Waals surface area contributed by atoms with Crippen molar-refractivity contribution in [1.82, 2.24) is 4.98 Å². The number of fused-ring (bicyclic) bond motifs is 1. The quantitative estimate of drug-likeness (QED) is 0.644. The van der Waals surface area contributed by atoms with Crippen LogP contribution in [0.15, 0.2) is 40.8 Å². The Morgan fingerprint density at radius 1 is 1.21 bits per heavy atom. The topological polar surface area (TPSA) is 73.6 Å². The lowest BCUT2D eigenvalue weighted by Gasteiger charge is -2.18. The number of para-hydroxylation sites is 1. The number of carbonyl (C=O) groups excluding carboxylic acids is 1. The van der Waals surface area contributed by atoms with Crippen molar-refractivity contribution in [2.45, 2.75) is 32.1 Å². The molecule has 6 heteroatoms. The van der Waals surface area contributed by atoms with E-state index in [1.165, 1.54) is 0 Å². The molecular weight excluding hydrogens is 356 g/mol. The van der Waals surface area contributed by atoms with Crippen molar-refractivity contribution in [3.8, 4) is 11.5 Å². The number of rotatable bonds is 7. The maximum absolute atomic E-state index is 12.8. The van der Waals surface area contributed by atoms with Crippen molar-refractivity contribution < 1.29 is 18.7 Å². The number of ether oxygens (including phenoxy) is 2. The Kier molecular flexibility index (Phi) is 4.94. The normalized spacial score (nSPS) is 14.7. The van der Waals surface area contributed by atoms with Crippen LogP contribution in [-0.2, 0) is 4.79 Å². The van der Waals surface area contributed by atoms with Crippen LogP contribution in [0.5, 0.6) is 11.5 Å². The van der Waals surface area contributed by atoms with Gasteiger partial charge in [-0.15, -0.1) is 0 Å². The van der Waals surface area contributed by atoms with E-state index in [0.29, 0.717) is 41.0 Å². The van der Waals surface area contributed by atoms with Gasteiger partial charge in [0, 0.05) is 13.3 Å². The summed E-state index contributed by atoms with van der Waals surface area (Å²) >= 11 is 0. The number of oxazole rings is 1. The minimum Gasteiger partial charge on any atom is -0.493 e. The van der Waals surface area contributed by atoms with Crippen LogP contribution in [0.3, 0.4) is 0 Å². The van der Waals surface area contributed by atoms with E-state index in [-0.39, 0.29) is 11.8 Å². The van der Waals surface area contributed by atoms with Gasteiger partial charge in [0.1, 0.15) is 5.52 Å². The van der Waals surface area contributed by atoms with Gasteiger partial charge in [0.15, 0.2) is 23.0 Å². The molecule has 1 N–H and O–H groups in total. The minimum atomic E-state index is -0.0340. The number of nitrogens with zero attached hydrogens (tertiary/aromatic N) is 1. The Hall–Kier alpha value is -3.02. The fourth-order valence-electron chi connectivity index (χ4n) is 3.70. The molecule has 2 aromatic carbocycles. The summed E-state index contributed by atoms with van der Waals surface area (Å²) in [6, 6.07) is 11.5. The lowest BCUT2D eigenvalue weighted by atomic mass is 9.90. The van der Waals surface area contributed by atoms with Crippen molar-refractivity contribution in [2.24, 2.45) is 5.92 Å². The zero-order valence-corrected chi connectivity index (χ0v) is 16.3. The Balaban J connectivity index is 1.54. The van der Waals surface area contributed by atoms with Gasteiger partial charge < -0.3 is 19.2 Å². The van der Waals surface area contributed by atoms with Gasteiger partial charge in [-0.05, 0) is 54.5 Å². The number of methoxy groups -OCH3 is 2. The Morgan fingerprint density at radius 3 is 2.71 bits per heavy atom. The molecule has 1 aromatic heterocycles. The molecule has 1 aliphatic rings. The van der Waals surface area contributed by atoms with Crippen LogP contribution in [0.4, 0.5) is 5.69 Å². The summed E-state index contributed by atoms with van der Waals surface area (Å²) in [5, 5.41) is 3.00. The predicted molar refractivity (Wildman–Crippen MR) is 107 cm³/mol. The Bertz CT molecular complexity index is 1010. The second-order valence-corrected chi connectivity index (χ2v) is 7.20. The highest BCUT2D eigenvalue weighted by Gasteiger charge is 2.34. The summed E-state index contributed by atoms with van der Waals surface area (Å²) in [6.07, 6.45) is 2.69. The van der Waals surface area contributed by atoms with Gasteiger partial charge in [-0.2, -0.15) is 0 Å². The first-order chi connectivity index (χ1) is 13.6. The molecule has 0 saturated heterocycles. The summed E-state index contributed by atoms with van der Waals surface area (Å²) in [7, 11) is 3.25. The molecule has 1 amide bonds. The molecule has 1 fully saturated rings. The molecule has 28 heavy (non-hydrogen) atoms. The van der Waals surface area contributed by atoms with Crippen molar-refractivity contribution in [3.63, 3.8) is 0 Å². The molecule has 1 unspecified atom stereocenters. The molecule has 0 spiro atoms. The summed E-state index contributed by atoms with van der Waals surface area (Å²) < 4.78 is 16.4. The third-order valence-corrected chi connectivity index (χ3v) is 5.23. The van der Waals surface area contributed by atoms with Crippen LogP contribution in [0.25, 0.3) is 11.1 Å². The molecular formula is C22H24N2O4. The van der Waals surface area contributed by atoms with E-state index >= 15 is 0 Å². The van der Waals surface area contributed by atoms with Gasteiger partial charge in [0.25, 0.3) is 0 Å². The molecule has 146 valence electrons. The standard InChI is InChI=1S/C22H24N2O4/c1-13-23-17-5-4-6-18(22(17)28-13)24-21(25)12-16(14-7-8-14)15-9-10-19(26-2)20(11-15)27-3/h4-6,9-11,14,16H,7-8,12H2,1-3H3,(H,24,25). The number of benzene rings is 2. The number of anilines is 1. The number of nitrogens with one attached hydrogen (secondary N) is 1. The van der Waals surface area contributed by atoms with E-state index in [1.54, 1.807) is 21.1 Å². The summed E-state index contributed by atoms with van der Waals surface area (Å²) in [4.78, 5) is 17.1. The summed E-state index contributed by atoms with van der Waals surface area (Å²) in [5.41, 5.74) is 3.12. The molecule has 0 bridgehead atoms. The first kappa shape index (κ1) is 18.3. The molecule has 0 radical (unpaired) electrons. The molecule has 1 atom stereocenters. The molecule has 1 saturated carbocycles. The third kappa shape index (κ3) is 3.67. The number of amides is 1. The Labute approximate surface area is 163 Å².